The summed E-state index contributed by atoms with van der Waals surface area (Å²) in [5.41, 5.74) is 12.6. The van der Waals surface area contributed by atoms with Crippen molar-refractivity contribution in [3.63, 3.8) is 0 Å². The molecule has 0 spiro atoms. The number of alkyl halides is 2. The van der Waals surface area contributed by atoms with Crippen molar-refractivity contribution < 1.29 is 45.8 Å². The highest BCUT2D eigenvalue weighted by Crippen LogP contribution is 2.54. The first-order valence-electron chi connectivity index (χ1n) is 12.5. The zero-order valence-electron chi connectivity index (χ0n) is 21.4. The number of halogens is 2. The van der Waals surface area contributed by atoms with Gasteiger partial charge in [-0.25, -0.2) is 38.7 Å². The molecule has 4 aromatic rings. The number of anilines is 2. The third-order valence-corrected chi connectivity index (χ3v) is 9.40. The van der Waals surface area contributed by atoms with Crippen molar-refractivity contribution in [3.05, 3.63) is 25.3 Å². The number of rotatable bonds is 2. The third kappa shape index (κ3) is 5.18. The van der Waals surface area contributed by atoms with E-state index in [1.54, 1.807) is 0 Å². The summed E-state index contributed by atoms with van der Waals surface area (Å²) in [7, 11) is -5.14. The number of imidazole rings is 2. The zero-order chi connectivity index (χ0) is 31.0. The fraction of sp³-hybridized carbons (Fsp3) is 0.500. The highest BCUT2D eigenvalue weighted by atomic mass is 32.5. The van der Waals surface area contributed by atoms with Gasteiger partial charge in [0, 0.05) is 0 Å². The monoisotopic (exact) mass is 675 g/mol. The van der Waals surface area contributed by atoms with Gasteiger partial charge in [0.05, 0.1) is 33.4 Å². The van der Waals surface area contributed by atoms with Gasteiger partial charge in [-0.3, -0.25) is 13.7 Å². The lowest BCUT2D eigenvalue weighted by molar-refractivity contribution is -0.0580. The summed E-state index contributed by atoms with van der Waals surface area (Å²) < 4.78 is 82.6. The Bertz CT molecular complexity index is 1840. The number of fused-ring (bicyclic) bond motifs is 5. The topological polar surface area (TPSA) is 232 Å². The molecule has 3 saturated heterocycles. The number of ether oxygens (including phenoxy) is 2. The number of nitrogen functional groups attached to an aromatic ring is 2. The normalized spacial score (nSPS) is 38.3. The zero-order valence-corrected chi connectivity index (χ0v) is 24.0. The predicted molar refractivity (Wildman–Crippen MR) is 153 cm³/mol. The maximum atomic E-state index is 16.0. The van der Waals surface area contributed by atoms with Crippen molar-refractivity contribution in [2.75, 3.05) is 24.7 Å². The molecular formula is C20H24BF2N10O8P2S-. The third-order valence-electron chi connectivity index (χ3n) is 7.06. The second-order valence-electron chi connectivity index (χ2n) is 9.61. The first-order chi connectivity index (χ1) is 20.9. The van der Waals surface area contributed by atoms with Crippen LogP contribution in [0.15, 0.2) is 25.3 Å². The molecule has 3 aliphatic rings. The molecule has 18 nitrogen and oxygen atoms in total. The molecule has 3 aliphatic heterocycles. The molecule has 24 heteroatoms. The Balaban J connectivity index is 1.20. The minimum absolute atomic E-state index is 0.0717. The van der Waals surface area contributed by atoms with Crippen LogP contribution in [0.3, 0.4) is 0 Å². The van der Waals surface area contributed by atoms with Crippen LogP contribution in [0, 0.1) is 0 Å². The largest absolute Gasteiger partial charge is 0.382 e. The van der Waals surface area contributed by atoms with Crippen LogP contribution < -0.4 is 11.5 Å². The standard InChI is InChI=1S/C20H24BF2N10O8P2S/c21-42(34)36-2-8-13(10(23)19(39-8)32-5-30-11-15(24)26-3-28-17(11)32)41-43(35,44)37-1-7-9(22)14(40-42)20(38-7)33-6-31-12-16(25)27-4-29-18(12)33/h3-10,13-14,19-20H,1-2H2,21H3,(H,35,44)(H2,24,26,28)(H2,25,27,29)/q-1/t7-,8-,9?,10-,13-,14-,19-,20-,42?,43?/m1/s1. The summed E-state index contributed by atoms with van der Waals surface area (Å²) in [6.45, 7) is -5.37. The van der Waals surface area contributed by atoms with E-state index >= 15 is 8.78 Å². The maximum Gasteiger partial charge on any atom is 0.325 e. The van der Waals surface area contributed by atoms with Crippen LogP contribution in [0.1, 0.15) is 12.5 Å². The van der Waals surface area contributed by atoms with Crippen molar-refractivity contribution in [2.24, 2.45) is 0 Å². The molecule has 0 radical (unpaired) electrons. The SMILES string of the molecule is [BH3-]P1(=O)OC[C@H]2O[C@@H](n3cnc4c(N)ncnc43)[C@H](F)[C@@H]2OP(O)(=S)OC[C@H]2O[C@@H](n3cnc4c(N)ncnc43)[C@H](O1)C2F. The van der Waals surface area contributed by atoms with Crippen molar-refractivity contribution in [1.29, 1.82) is 0 Å². The Morgan fingerprint density at radius 2 is 1.41 bits per heavy atom. The van der Waals surface area contributed by atoms with Gasteiger partial charge in [-0.15, -0.1) is 0 Å². The molecule has 0 saturated carbocycles. The quantitative estimate of drug-likeness (QED) is 0.185. The Morgan fingerprint density at radius 3 is 2.05 bits per heavy atom. The molecule has 7 rings (SSSR count). The lowest BCUT2D eigenvalue weighted by atomic mass is 10.1. The van der Waals surface area contributed by atoms with Gasteiger partial charge in [0.25, 0.3) is 0 Å². The number of aromatic nitrogens is 8. The minimum Gasteiger partial charge on any atom is -0.382 e. The molecular weight excluding hydrogens is 651 g/mol. The van der Waals surface area contributed by atoms with E-state index in [1.807, 2.05) is 0 Å². The van der Waals surface area contributed by atoms with Gasteiger partial charge in [-0.2, -0.15) is 0 Å². The van der Waals surface area contributed by atoms with E-state index in [-0.39, 0.29) is 34.0 Å². The van der Waals surface area contributed by atoms with Gasteiger partial charge < -0.3 is 44.0 Å². The van der Waals surface area contributed by atoms with Gasteiger partial charge in [0.15, 0.2) is 47.7 Å². The summed E-state index contributed by atoms with van der Waals surface area (Å²) in [6.07, 6.45) is -7.26. The summed E-state index contributed by atoms with van der Waals surface area (Å²) in [5, 5.41) is 0. The van der Waals surface area contributed by atoms with E-state index in [4.69, 9.17) is 50.8 Å². The fourth-order valence-electron chi connectivity index (χ4n) is 5.07. The first-order valence-corrected chi connectivity index (χ1v) is 16.2. The Hall–Kier alpha value is -2.78. The molecule has 44 heavy (non-hydrogen) atoms. The summed E-state index contributed by atoms with van der Waals surface area (Å²) in [5.74, 6) is 0.154. The summed E-state index contributed by atoms with van der Waals surface area (Å²) in [4.78, 5) is 35.3. The first kappa shape index (κ1) is 29.9. The Labute approximate surface area is 251 Å². The fourth-order valence-corrected chi connectivity index (χ4v) is 7.26. The molecule has 4 aromatic heterocycles. The molecule has 236 valence electrons. The van der Waals surface area contributed by atoms with Crippen molar-refractivity contribution in [2.45, 2.75) is 49.2 Å². The summed E-state index contributed by atoms with van der Waals surface area (Å²) in [6, 6.07) is 0. The Kier molecular flexibility index (Phi) is 7.43. The molecule has 0 amide bonds. The molecule has 2 bridgehead atoms. The highest BCUT2D eigenvalue weighted by molar-refractivity contribution is 8.07. The number of hydrogen-bond donors (Lipinski definition) is 3. The van der Waals surface area contributed by atoms with Crippen LogP contribution in [-0.4, -0.2) is 101 Å². The molecule has 3 fully saturated rings. The number of hydrogen-bond acceptors (Lipinski definition) is 16. The second-order valence-corrected chi connectivity index (χ2v) is 13.3. The van der Waals surface area contributed by atoms with E-state index in [0.29, 0.717) is 0 Å². The highest BCUT2D eigenvalue weighted by Gasteiger charge is 2.53. The lowest BCUT2D eigenvalue weighted by Gasteiger charge is -2.29. The van der Waals surface area contributed by atoms with Crippen molar-refractivity contribution in [1.82, 2.24) is 39.0 Å². The molecule has 7 heterocycles. The molecule has 5 N–H and O–H groups in total. The van der Waals surface area contributed by atoms with Crippen molar-refractivity contribution in [3.8, 4) is 0 Å². The van der Waals surface area contributed by atoms with Crippen LogP contribution >= 0.6 is 14.2 Å². The van der Waals surface area contributed by atoms with Gasteiger partial charge in [0.2, 0.25) is 0 Å². The van der Waals surface area contributed by atoms with Crippen LogP contribution in [0.4, 0.5) is 20.4 Å². The number of nitrogens with zero attached hydrogens (tertiary/aromatic N) is 8. The van der Waals surface area contributed by atoms with E-state index in [9.17, 15) is 9.46 Å². The van der Waals surface area contributed by atoms with Crippen LogP contribution in [-0.2, 0) is 43.9 Å². The van der Waals surface area contributed by atoms with Gasteiger partial charge in [-0.1, -0.05) is 0 Å². The van der Waals surface area contributed by atoms with E-state index in [1.165, 1.54) is 34.4 Å². The average Bonchev–Trinajstić information content (AvgIpc) is 3.73. The van der Waals surface area contributed by atoms with E-state index < -0.39 is 84.2 Å². The minimum atomic E-state index is -4.25. The molecule has 0 aromatic carbocycles. The van der Waals surface area contributed by atoms with Gasteiger partial charge >= 0.3 is 6.72 Å². The van der Waals surface area contributed by atoms with Crippen LogP contribution in [0.5, 0.6) is 0 Å². The Morgan fingerprint density at radius 1 is 0.841 bits per heavy atom. The lowest BCUT2D eigenvalue weighted by Crippen LogP contribution is -2.34. The van der Waals surface area contributed by atoms with E-state index in [0.717, 1.165) is 0 Å². The number of nitrogens with two attached hydrogens (primary N) is 2. The van der Waals surface area contributed by atoms with Crippen molar-refractivity contribution >= 4 is 67.5 Å². The van der Waals surface area contributed by atoms with Crippen LogP contribution in [0.2, 0.25) is 0 Å². The molecule has 10 atom stereocenters. The molecule has 0 aliphatic carbocycles. The average molecular weight is 675 g/mol. The maximum absolute atomic E-state index is 16.0. The smallest absolute Gasteiger partial charge is 0.325 e. The van der Waals surface area contributed by atoms with E-state index in [2.05, 4.69) is 29.9 Å². The van der Waals surface area contributed by atoms with Crippen LogP contribution in [0.25, 0.3) is 22.3 Å². The predicted octanol–water partition coefficient (Wildman–Crippen LogP) is -0.191. The second kappa shape index (κ2) is 10.9. The van der Waals surface area contributed by atoms with Gasteiger partial charge in [-0.05, 0) is 11.8 Å². The van der Waals surface area contributed by atoms with Gasteiger partial charge in [0.1, 0.15) is 55.6 Å². The summed E-state index contributed by atoms with van der Waals surface area (Å²) >= 11 is 5.16. The molecule has 3 unspecified atom stereocenters.